The van der Waals surface area contributed by atoms with Crippen LogP contribution >= 0.6 is 0 Å². The molecule has 0 spiro atoms. The summed E-state index contributed by atoms with van der Waals surface area (Å²) in [6.07, 6.45) is 0.355. The highest BCUT2D eigenvalue weighted by atomic mass is 16.5. The Balaban J connectivity index is 4.30. The molecule has 0 N–H and O–H groups in total. The van der Waals surface area contributed by atoms with Gasteiger partial charge in [-0.1, -0.05) is 0 Å². The van der Waals surface area contributed by atoms with Crippen molar-refractivity contribution >= 4 is 5.97 Å². The van der Waals surface area contributed by atoms with Gasteiger partial charge >= 0.3 is 5.97 Å². The fraction of sp³-hybridized carbons (Fsp3) is 0.909. The number of carbonyl (C=O) groups excluding carboxylic acids is 1. The van der Waals surface area contributed by atoms with Crippen LogP contribution in [0.2, 0.25) is 0 Å². The Morgan fingerprint density at radius 2 is 1.87 bits per heavy atom. The Bertz CT molecular complexity index is 194. The SMILES string of the molecule is CCOCC(C)(CC(=O)OCC)N(C)C. The quantitative estimate of drug-likeness (QED) is 0.602. The van der Waals surface area contributed by atoms with Crippen molar-refractivity contribution in [1.29, 1.82) is 0 Å². The van der Waals surface area contributed by atoms with Gasteiger partial charge in [-0.2, -0.15) is 0 Å². The normalized spacial score (nSPS) is 15.1. The van der Waals surface area contributed by atoms with Crippen molar-refractivity contribution in [2.24, 2.45) is 0 Å². The van der Waals surface area contributed by atoms with Crippen molar-refractivity contribution in [3.63, 3.8) is 0 Å². The maximum atomic E-state index is 11.4. The number of ether oxygens (including phenoxy) is 2. The lowest BCUT2D eigenvalue weighted by atomic mass is 9.97. The highest BCUT2D eigenvalue weighted by Crippen LogP contribution is 2.17. The highest BCUT2D eigenvalue weighted by molar-refractivity contribution is 5.70. The predicted octanol–water partition coefficient (Wildman–Crippen LogP) is 1.30. The van der Waals surface area contributed by atoms with Crippen LogP contribution < -0.4 is 0 Å². The fourth-order valence-electron chi connectivity index (χ4n) is 1.18. The molecule has 0 aromatic rings. The second-order valence-corrected chi connectivity index (χ2v) is 4.01. The zero-order chi connectivity index (χ0) is 11.9. The smallest absolute Gasteiger partial charge is 0.307 e. The minimum absolute atomic E-state index is 0.173. The van der Waals surface area contributed by atoms with Crippen LogP contribution in [-0.4, -0.2) is 50.3 Å². The van der Waals surface area contributed by atoms with Gasteiger partial charge in [0.25, 0.3) is 0 Å². The molecule has 0 heterocycles. The van der Waals surface area contributed by atoms with Gasteiger partial charge in [0.2, 0.25) is 0 Å². The van der Waals surface area contributed by atoms with Crippen LogP contribution in [0.5, 0.6) is 0 Å². The Kier molecular flexibility index (Phi) is 6.52. The molecule has 0 rings (SSSR count). The van der Waals surface area contributed by atoms with Crippen molar-refractivity contribution in [2.45, 2.75) is 32.7 Å². The number of hydrogen-bond donors (Lipinski definition) is 0. The molecule has 0 amide bonds. The minimum atomic E-state index is -0.289. The molecule has 90 valence electrons. The minimum Gasteiger partial charge on any atom is -0.466 e. The molecule has 0 saturated heterocycles. The predicted molar refractivity (Wildman–Crippen MR) is 59.8 cm³/mol. The van der Waals surface area contributed by atoms with Gasteiger partial charge < -0.3 is 14.4 Å². The summed E-state index contributed by atoms with van der Waals surface area (Å²) < 4.78 is 10.3. The average molecular weight is 217 g/mol. The molecule has 0 aromatic heterocycles. The molecule has 0 bridgehead atoms. The van der Waals surface area contributed by atoms with Gasteiger partial charge in [-0.25, -0.2) is 0 Å². The molecule has 4 heteroatoms. The van der Waals surface area contributed by atoms with Crippen molar-refractivity contribution < 1.29 is 14.3 Å². The molecule has 1 unspecified atom stereocenters. The van der Waals surface area contributed by atoms with Crippen LogP contribution in [0.3, 0.4) is 0 Å². The van der Waals surface area contributed by atoms with E-state index in [4.69, 9.17) is 9.47 Å². The average Bonchev–Trinajstić information content (AvgIpc) is 2.14. The lowest BCUT2D eigenvalue weighted by Crippen LogP contribution is -2.47. The molecule has 4 nitrogen and oxygen atoms in total. The maximum Gasteiger partial charge on any atom is 0.307 e. The molecule has 0 saturated carbocycles. The highest BCUT2D eigenvalue weighted by Gasteiger charge is 2.30. The van der Waals surface area contributed by atoms with Crippen molar-refractivity contribution in [3.8, 4) is 0 Å². The number of nitrogens with zero attached hydrogens (tertiary/aromatic N) is 1. The number of likely N-dealkylation sites (N-methyl/N-ethyl adjacent to an activating group) is 1. The lowest BCUT2D eigenvalue weighted by molar-refractivity contribution is -0.147. The van der Waals surface area contributed by atoms with E-state index in [1.807, 2.05) is 39.8 Å². The molecule has 0 aromatic carbocycles. The van der Waals surface area contributed by atoms with E-state index in [0.717, 1.165) is 0 Å². The Hall–Kier alpha value is -0.610. The fourth-order valence-corrected chi connectivity index (χ4v) is 1.18. The summed E-state index contributed by atoms with van der Waals surface area (Å²) in [7, 11) is 3.89. The molecule has 15 heavy (non-hydrogen) atoms. The van der Waals surface area contributed by atoms with Gasteiger partial charge in [-0.15, -0.1) is 0 Å². The molecule has 0 aliphatic rings. The largest absolute Gasteiger partial charge is 0.466 e. The first-order valence-electron chi connectivity index (χ1n) is 5.37. The maximum absolute atomic E-state index is 11.4. The van der Waals surface area contributed by atoms with Gasteiger partial charge in [-0.3, -0.25) is 4.79 Å². The molecular formula is C11H23NO3. The Morgan fingerprint density at radius 1 is 1.27 bits per heavy atom. The van der Waals surface area contributed by atoms with E-state index in [0.29, 0.717) is 26.2 Å². The van der Waals surface area contributed by atoms with Crippen molar-refractivity contribution in [3.05, 3.63) is 0 Å². The van der Waals surface area contributed by atoms with Gasteiger partial charge in [0.15, 0.2) is 0 Å². The number of esters is 1. The van der Waals surface area contributed by atoms with Crippen LogP contribution in [0.1, 0.15) is 27.2 Å². The van der Waals surface area contributed by atoms with Gasteiger partial charge in [0, 0.05) is 6.61 Å². The molecule has 0 aliphatic carbocycles. The number of hydrogen-bond acceptors (Lipinski definition) is 4. The summed E-state index contributed by atoms with van der Waals surface area (Å²) >= 11 is 0. The summed E-state index contributed by atoms with van der Waals surface area (Å²) in [5, 5.41) is 0. The van der Waals surface area contributed by atoms with Crippen LogP contribution in [-0.2, 0) is 14.3 Å². The summed E-state index contributed by atoms with van der Waals surface area (Å²) in [6.45, 7) is 7.38. The van der Waals surface area contributed by atoms with E-state index in [1.165, 1.54) is 0 Å². The first-order valence-corrected chi connectivity index (χ1v) is 5.37. The number of rotatable bonds is 7. The van der Waals surface area contributed by atoms with E-state index in [9.17, 15) is 4.79 Å². The second kappa shape index (κ2) is 6.80. The topological polar surface area (TPSA) is 38.8 Å². The van der Waals surface area contributed by atoms with Crippen LogP contribution in [0.25, 0.3) is 0 Å². The third kappa shape index (κ3) is 5.14. The molecular weight excluding hydrogens is 194 g/mol. The van der Waals surface area contributed by atoms with E-state index in [-0.39, 0.29) is 11.5 Å². The third-order valence-corrected chi connectivity index (χ3v) is 2.53. The van der Waals surface area contributed by atoms with E-state index >= 15 is 0 Å². The lowest BCUT2D eigenvalue weighted by Gasteiger charge is -2.35. The summed E-state index contributed by atoms with van der Waals surface area (Å²) in [6, 6.07) is 0. The van der Waals surface area contributed by atoms with E-state index in [1.54, 1.807) is 0 Å². The summed E-state index contributed by atoms with van der Waals surface area (Å²) in [5.74, 6) is -0.173. The van der Waals surface area contributed by atoms with Crippen molar-refractivity contribution in [2.75, 3.05) is 33.9 Å². The Morgan fingerprint density at radius 3 is 2.27 bits per heavy atom. The first-order chi connectivity index (χ1) is 6.96. The Labute approximate surface area is 92.5 Å². The van der Waals surface area contributed by atoms with Gasteiger partial charge in [0.05, 0.1) is 25.2 Å². The zero-order valence-corrected chi connectivity index (χ0v) is 10.5. The van der Waals surface area contributed by atoms with Crippen LogP contribution in [0, 0.1) is 0 Å². The van der Waals surface area contributed by atoms with E-state index < -0.39 is 0 Å². The monoisotopic (exact) mass is 217 g/mol. The van der Waals surface area contributed by atoms with Crippen molar-refractivity contribution in [1.82, 2.24) is 4.90 Å². The molecule has 0 fully saturated rings. The number of carbonyl (C=O) groups is 1. The first kappa shape index (κ1) is 14.4. The van der Waals surface area contributed by atoms with Gasteiger partial charge in [-0.05, 0) is 34.9 Å². The van der Waals surface area contributed by atoms with E-state index in [2.05, 4.69) is 0 Å². The molecule has 0 aliphatic heterocycles. The van der Waals surface area contributed by atoms with Crippen LogP contribution in [0.15, 0.2) is 0 Å². The van der Waals surface area contributed by atoms with Crippen LogP contribution in [0.4, 0.5) is 0 Å². The summed E-state index contributed by atoms with van der Waals surface area (Å²) in [5.41, 5.74) is -0.289. The molecule has 1 atom stereocenters. The third-order valence-electron chi connectivity index (χ3n) is 2.53. The summed E-state index contributed by atoms with van der Waals surface area (Å²) in [4.78, 5) is 13.4. The van der Waals surface area contributed by atoms with Gasteiger partial charge in [0.1, 0.15) is 0 Å². The second-order valence-electron chi connectivity index (χ2n) is 4.01. The zero-order valence-electron chi connectivity index (χ0n) is 10.5. The molecule has 0 radical (unpaired) electrons. The standard InChI is InChI=1S/C11H23NO3/c1-6-14-9-11(3,12(4)5)8-10(13)15-7-2/h6-9H2,1-5H3.